The lowest BCUT2D eigenvalue weighted by Gasteiger charge is -2.06. The van der Waals surface area contributed by atoms with E-state index in [1.807, 2.05) is 287 Å². The van der Waals surface area contributed by atoms with Crippen molar-refractivity contribution in [2.75, 3.05) is 0 Å². The van der Waals surface area contributed by atoms with E-state index in [0.29, 0.717) is 0 Å². The van der Waals surface area contributed by atoms with Gasteiger partial charge in [0.25, 0.3) is 0 Å². The molecule has 21 aromatic rings. The van der Waals surface area contributed by atoms with Gasteiger partial charge < -0.3 is 0 Å². The second kappa shape index (κ2) is 68.7. The van der Waals surface area contributed by atoms with Crippen molar-refractivity contribution in [2.24, 2.45) is 0 Å². The summed E-state index contributed by atoms with van der Waals surface area (Å²) in [6.07, 6.45) is 12.8. The van der Waals surface area contributed by atoms with Crippen molar-refractivity contribution in [3.8, 4) is 0 Å². The Morgan fingerprint density at radius 3 is 0.970 bits per heavy atom. The van der Waals surface area contributed by atoms with Crippen LogP contribution in [0.15, 0.2) is 335 Å². The highest BCUT2D eigenvalue weighted by atomic mass is 14.8. The van der Waals surface area contributed by atoms with E-state index in [9.17, 15) is 0 Å². The molecule has 700 valence electrons. The van der Waals surface area contributed by atoms with E-state index in [1.54, 1.807) is 0 Å². The summed E-state index contributed by atoms with van der Waals surface area (Å²) < 4.78 is 0. The predicted octanol–water partition coefficient (Wildman–Crippen LogP) is 39.6. The summed E-state index contributed by atoms with van der Waals surface area (Å²) in [6.45, 7) is 70.7. The van der Waals surface area contributed by atoms with E-state index >= 15 is 0 Å². The fourth-order valence-electron chi connectivity index (χ4n) is 14.0. The maximum absolute atomic E-state index is 4.54. The third-order valence-electron chi connectivity index (χ3n) is 19.3. The maximum atomic E-state index is 4.54. The molecule has 0 saturated heterocycles. The highest BCUT2D eigenvalue weighted by Crippen LogP contribution is 2.32. The number of aromatic nitrogens is 8. The first-order valence-electron chi connectivity index (χ1n) is 49.5. The Hall–Kier alpha value is -13.3. The SMILES string of the molecule is CC.CC.CC.CC.CC.CC.CC.CC.CC.CC.CC.CC.CC.CC.Cc1cc2cccnc2c2ncccc12.Cc1ccc2c(ccc3ccccc32)c1.Cc1ccc2ccc3ccccc3c2c1.Cc1ccc2ccc3cccnc3c2n1.Cc1cccc2ccc3ccccc3c12.Cc1ccnc2c1ccc1cccnc12.Cc1cnc2c(ccc3cccnc32)c1. The van der Waals surface area contributed by atoms with E-state index in [0.717, 1.165) is 82.1 Å². The summed E-state index contributed by atoms with van der Waals surface area (Å²) in [5.41, 5.74) is 16.6. The van der Waals surface area contributed by atoms with Gasteiger partial charge in [0, 0.05) is 92.2 Å². The molecule has 0 radical (unpaired) electrons. The van der Waals surface area contributed by atoms with E-state index in [4.69, 9.17) is 0 Å². The molecule has 8 heterocycles. The van der Waals surface area contributed by atoms with Gasteiger partial charge in [-0.1, -0.05) is 442 Å². The summed E-state index contributed by atoms with van der Waals surface area (Å²) in [6, 6.07) is 102. The standard InChI is InChI=1S/3C15H12.4C13H10N2.14C2H6/c1-11-5-4-7-13-10-9-12-6-2-3-8-14(12)15(11)13;1-11-6-9-15-13(10-11)8-7-12-4-2-3-5-14(12)15;1-11-6-7-13-9-8-12-4-2-3-5-14(12)15(13)10-11;1-9-8-10-4-2-6-14-12(10)13-11(9)5-3-7-15-13;1-9-4-5-11-7-6-10-3-2-8-14-12(10)13(11)15-9;1-9-6-8-15-13-11(9)5-4-10-3-2-7-14-12(10)13;1-9-7-11-5-4-10-3-2-6-14-12(10)13(11)15-8-9;14*1-2/h3*2-10H,1H3;4*2-8H,1H3;14*1-2H3. The Morgan fingerprint density at radius 1 is 0.150 bits per heavy atom. The van der Waals surface area contributed by atoms with Crippen LogP contribution in [0.2, 0.25) is 0 Å². The molecular formula is C125H160N8. The first-order valence-corrected chi connectivity index (χ1v) is 49.5. The summed E-state index contributed by atoms with van der Waals surface area (Å²) in [4.78, 5) is 35.3. The minimum Gasteiger partial charge on any atom is -0.254 e. The molecule has 0 unspecified atom stereocenters. The lowest BCUT2D eigenvalue weighted by atomic mass is 9.99. The highest BCUT2D eigenvalue weighted by molar-refractivity contribution is 6.11. The lowest BCUT2D eigenvalue weighted by Crippen LogP contribution is -1.86. The summed E-state index contributed by atoms with van der Waals surface area (Å²) in [5.74, 6) is 0. The number of hydrogen-bond acceptors (Lipinski definition) is 8. The number of aryl methyl sites for hydroxylation is 7. The van der Waals surface area contributed by atoms with Gasteiger partial charge in [-0.15, -0.1) is 0 Å². The third kappa shape index (κ3) is 33.2. The van der Waals surface area contributed by atoms with Crippen molar-refractivity contribution in [1.82, 2.24) is 39.9 Å². The zero-order chi connectivity index (χ0) is 99.8. The van der Waals surface area contributed by atoms with Crippen molar-refractivity contribution >= 4 is 152 Å². The molecule has 13 aromatic carbocycles. The van der Waals surface area contributed by atoms with Crippen LogP contribution in [0, 0.1) is 48.5 Å². The number of pyridine rings is 8. The van der Waals surface area contributed by atoms with Crippen LogP contribution in [-0.2, 0) is 0 Å². The van der Waals surface area contributed by atoms with Crippen molar-refractivity contribution in [1.29, 1.82) is 0 Å². The third-order valence-corrected chi connectivity index (χ3v) is 19.3. The molecule has 0 aliphatic heterocycles. The van der Waals surface area contributed by atoms with Crippen LogP contribution < -0.4 is 0 Å². The van der Waals surface area contributed by atoms with Crippen LogP contribution in [0.4, 0.5) is 0 Å². The predicted molar refractivity (Wildman–Crippen MR) is 605 cm³/mol. The molecule has 8 nitrogen and oxygen atoms in total. The Kier molecular flexibility index (Phi) is 60.8. The van der Waals surface area contributed by atoms with E-state index in [-0.39, 0.29) is 0 Å². The molecule has 0 aliphatic rings. The molecule has 0 aliphatic carbocycles. The van der Waals surface area contributed by atoms with Gasteiger partial charge in [0.1, 0.15) is 0 Å². The molecule has 0 bridgehead atoms. The van der Waals surface area contributed by atoms with Gasteiger partial charge in [-0.25, -0.2) is 0 Å². The average molecular weight is 1770 g/mol. The van der Waals surface area contributed by atoms with Crippen LogP contribution in [0.3, 0.4) is 0 Å². The van der Waals surface area contributed by atoms with Crippen molar-refractivity contribution in [3.05, 3.63) is 374 Å². The smallest absolute Gasteiger partial charge is 0.0967 e. The Labute approximate surface area is 802 Å². The minimum absolute atomic E-state index is 0.981. The van der Waals surface area contributed by atoms with Gasteiger partial charge in [0.05, 0.1) is 44.1 Å². The number of hydrogen-bond donors (Lipinski definition) is 0. The molecule has 0 saturated carbocycles. The van der Waals surface area contributed by atoms with E-state index in [2.05, 4.69) is 330 Å². The lowest BCUT2D eigenvalue weighted by molar-refractivity contribution is 1.25. The average Bonchev–Trinajstić information content (AvgIpc) is 0.832. The number of nitrogens with zero attached hydrogens (tertiary/aromatic N) is 8. The zero-order valence-electron chi connectivity index (χ0n) is 87.8. The van der Waals surface area contributed by atoms with Gasteiger partial charge in [-0.3, -0.25) is 39.9 Å². The summed E-state index contributed by atoms with van der Waals surface area (Å²) in [7, 11) is 0. The molecule has 0 amide bonds. The van der Waals surface area contributed by atoms with Gasteiger partial charge in [-0.05, 0) is 190 Å². The van der Waals surface area contributed by atoms with Crippen LogP contribution in [-0.4, -0.2) is 39.9 Å². The molecule has 8 aromatic heterocycles. The second-order valence-electron chi connectivity index (χ2n) is 26.7. The topological polar surface area (TPSA) is 103 Å². The minimum atomic E-state index is 0.981. The van der Waals surface area contributed by atoms with Gasteiger partial charge in [0.15, 0.2) is 0 Å². The molecule has 0 N–H and O–H groups in total. The number of fused-ring (bicyclic) bond motifs is 21. The Bertz CT molecular complexity index is 6440. The molecule has 0 atom stereocenters. The van der Waals surface area contributed by atoms with Crippen LogP contribution >= 0.6 is 0 Å². The Balaban J connectivity index is 0.000000742. The molecule has 0 spiro atoms. The van der Waals surface area contributed by atoms with Crippen LogP contribution in [0.5, 0.6) is 0 Å². The Morgan fingerprint density at radius 2 is 0.444 bits per heavy atom. The van der Waals surface area contributed by atoms with Gasteiger partial charge >= 0.3 is 0 Å². The summed E-state index contributed by atoms with van der Waals surface area (Å²) in [5, 5.41) is 25.3. The maximum Gasteiger partial charge on any atom is 0.0967 e. The zero-order valence-corrected chi connectivity index (χ0v) is 87.8. The monoisotopic (exact) mass is 1770 g/mol. The second-order valence-corrected chi connectivity index (χ2v) is 26.7. The van der Waals surface area contributed by atoms with Gasteiger partial charge in [-0.2, -0.15) is 0 Å². The first kappa shape index (κ1) is 118. The largest absolute Gasteiger partial charge is 0.254 e. The fourth-order valence-corrected chi connectivity index (χ4v) is 14.0. The highest BCUT2D eigenvalue weighted by Gasteiger charge is 2.09. The van der Waals surface area contributed by atoms with E-state index in [1.165, 1.54) is 109 Å². The fraction of sp³-hybridized carbons (Fsp3) is 0.280. The van der Waals surface area contributed by atoms with Gasteiger partial charge in [0.2, 0.25) is 0 Å². The molecule has 133 heavy (non-hydrogen) atoms. The van der Waals surface area contributed by atoms with Crippen molar-refractivity contribution in [2.45, 2.75) is 242 Å². The molecule has 8 heteroatoms. The molecule has 0 fully saturated rings. The normalized spacial score (nSPS) is 9.32. The van der Waals surface area contributed by atoms with Crippen molar-refractivity contribution < 1.29 is 0 Å². The molecule has 21 rings (SSSR count). The number of rotatable bonds is 0. The summed E-state index contributed by atoms with van der Waals surface area (Å²) >= 11 is 0. The number of benzene rings is 13. The van der Waals surface area contributed by atoms with Crippen LogP contribution in [0.1, 0.15) is 233 Å². The first-order chi connectivity index (χ1) is 65.5. The van der Waals surface area contributed by atoms with Crippen molar-refractivity contribution in [3.63, 3.8) is 0 Å². The molecular weight excluding hydrogens is 1610 g/mol. The van der Waals surface area contributed by atoms with Crippen LogP contribution in [0.25, 0.3) is 152 Å². The quantitative estimate of drug-likeness (QED) is 0.138. The van der Waals surface area contributed by atoms with E-state index < -0.39 is 0 Å².